The zero-order valence-electron chi connectivity index (χ0n) is 11.3. The first-order valence-corrected chi connectivity index (χ1v) is 8.52. The summed E-state index contributed by atoms with van der Waals surface area (Å²) >= 11 is 10.8. The number of benzene rings is 2. The molecule has 1 heterocycles. The Bertz CT molecular complexity index is 782. The van der Waals surface area contributed by atoms with Crippen LogP contribution in [0.3, 0.4) is 0 Å². The van der Waals surface area contributed by atoms with Crippen molar-refractivity contribution in [3.63, 3.8) is 0 Å². The minimum atomic E-state index is 0.712. The van der Waals surface area contributed by atoms with E-state index in [0.29, 0.717) is 5.02 Å². The van der Waals surface area contributed by atoms with Crippen LogP contribution in [0.4, 0.5) is 5.13 Å². The maximum absolute atomic E-state index is 5.84. The molecular weight excluding hydrogens is 382 g/mol. The molecule has 22 heavy (non-hydrogen) atoms. The van der Waals surface area contributed by atoms with Crippen molar-refractivity contribution in [2.24, 2.45) is 5.10 Å². The summed E-state index contributed by atoms with van der Waals surface area (Å²) < 4.78 is 1.05. The Morgan fingerprint density at radius 2 is 1.82 bits per heavy atom. The highest BCUT2D eigenvalue weighted by Gasteiger charge is 2.03. The number of thiazole rings is 1. The van der Waals surface area contributed by atoms with Gasteiger partial charge in [0.15, 0.2) is 0 Å². The fraction of sp³-hybridized carbons (Fsp3) is 0. The van der Waals surface area contributed by atoms with Crippen LogP contribution in [0.15, 0.2) is 63.5 Å². The van der Waals surface area contributed by atoms with Gasteiger partial charge in [-0.2, -0.15) is 5.10 Å². The number of anilines is 1. The lowest BCUT2D eigenvalue weighted by atomic mass is 10.2. The van der Waals surface area contributed by atoms with E-state index >= 15 is 0 Å². The topological polar surface area (TPSA) is 37.3 Å². The maximum atomic E-state index is 5.84. The first-order chi connectivity index (χ1) is 10.7. The maximum Gasteiger partial charge on any atom is 0.203 e. The lowest BCUT2D eigenvalue weighted by molar-refractivity contribution is 1.29. The molecule has 3 nitrogen and oxygen atoms in total. The first kappa shape index (κ1) is 15.2. The highest BCUT2D eigenvalue weighted by atomic mass is 79.9. The summed E-state index contributed by atoms with van der Waals surface area (Å²) in [6, 6.07) is 15.5. The Morgan fingerprint density at radius 3 is 2.55 bits per heavy atom. The monoisotopic (exact) mass is 391 g/mol. The van der Waals surface area contributed by atoms with E-state index in [2.05, 4.69) is 31.4 Å². The van der Waals surface area contributed by atoms with E-state index < -0.39 is 0 Å². The largest absolute Gasteiger partial charge is 0.253 e. The van der Waals surface area contributed by atoms with Crippen LogP contribution in [0.2, 0.25) is 5.02 Å². The minimum absolute atomic E-state index is 0.712. The van der Waals surface area contributed by atoms with E-state index in [1.54, 1.807) is 6.21 Å². The van der Waals surface area contributed by atoms with Gasteiger partial charge in [-0.15, -0.1) is 11.3 Å². The second-order valence-corrected chi connectivity index (χ2v) is 6.68. The number of halogens is 2. The van der Waals surface area contributed by atoms with E-state index in [1.165, 1.54) is 11.3 Å². The van der Waals surface area contributed by atoms with Crippen LogP contribution in [-0.4, -0.2) is 11.2 Å². The molecule has 0 unspecified atom stereocenters. The van der Waals surface area contributed by atoms with Gasteiger partial charge in [0.25, 0.3) is 0 Å². The summed E-state index contributed by atoms with van der Waals surface area (Å²) in [7, 11) is 0. The standard InChI is InChI=1S/C16H11BrClN3S/c17-13-5-3-12(4-6-13)15-10-22-16(20-15)21-19-9-11-1-7-14(18)8-2-11/h1-10H,(H,20,21)/b19-9+. The predicted octanol–water partition coefficient (Wildman–Crippen LogP) is 5.67. The summed E-state index contributed by atoms with van der Waals surface area (Å²) in [5, 5.41) is 7.65. The van der Waals surface area contributed by atoms with Gasteiger partial charge in [-0.05, 0) is 29.8 Å². The van der Waals surface area contributed by atoms with Crippen LogP contribution in [0.1, 0.15) is 5.56 Å². The van der Waals surface area contributed by atoms with Gasteiger partial charge in [0.05, 0.1) is 11.9 Å². The van der Waals surface area contributed by atoms with Crippen molar-refractivity contribution in [1.29, 1.82) is 0 Å². The number of nitrogens with one attached hydrogen (secondary N) is 1. The summed E-state index contributed by atoms with van der Waals surface area (Å²) in [6.45, 7) is 0. The van der Waals surface area contributed by atoms with Crippen LogP contribution in [0, 0.1) is 0 Å². The minimum Gasteiger partial charge on any atom is -0.253 e. The Labute approximate surface area is 145 Å². The van der Waals surface area contributed by atoms with E-state index in [1.807, 2.05) is 53.9 Å². The van der Waals surface area contributed by atoms with Gasteiger partial charge in [0.2, 0.25) is 5.13 Å². The van der Waals surface area contributed by atoms with Gasteiger partial charge in [-0.1, -0.05) is 51.8 Å². The number of hydrogen-bond acceptors (Lipinski definition) is 4. The van der Waals surface area contributed by atoms with Crippen molar-refractivity contribution in [2.75, 3.05) is 5.43 Å². The molecule has 0 amide bonds. The van der Waals surface area contributed by atoms with Crippen molar-refractivity contribution in [1.82, 2.24) is 4.98 Å². The molecule has 0 bridgehead atoms. The van der Waals surface area contributed by atoms with Crippen LogP contribution in [0.25, 0.3) is 11.3 Å². The molecule has 110 valence electrons. The molecule has 0 aliphatic rings. The van der Waals surface area contributed by atoms with E-state index in [4.69, 9.17) is 11.6 Å². The molecule has 3 aromatic rings. The molecule has 3 rings (SSSR count). The van der Waals surface area contributed by atoms with Gasteiger partial charge in [0.1, 0.15) is 0 Å². The van der Waals surface area contributed by atoms with E-state index in [-0.39, 0.29) is 0 Å². The van der Waals surface area contributed by atoms with Crippen molar-refractivity contribution in [2.45, 2.75) is 0 Å². The molecule has 0 spiro atoms. The highest BCUT2D eigenvalue weighted by molar-refractivity contribution is 9.10. The fourth-order valence-electron chi connectivity index (χ4n) is 1.79. The van der Waals surface area contributed by atoms with Crippen LogP contribution in [0.5, 0.6) is 0 Å². The lowest BCUT2D eigenvalue weighted by Crippen LogP contribution is -1.90. The molecule has 0 radical (unpaired) electrons. The lowest BCUT2D eigenvalue weighted by Gasteiger charge is -1.97. The first-order valence-electron chi connectivity index (χ1n) is 6.47. The Balaban J connectivity index is 1.66. The second-order valence-electron chi connectivity index (χ2n) is 4.47. The van der Waals surface area contributed by atoms with Gasteiger partial charge in [0, 0.05) is 20.4 Å². The molecule has 0 aliphatic heterocycles. The third-order valence-corrected chi connectivity index (χ3v) is 4.42. The average Bonchev–Trinajstić information content (AvgIpc) is 2.99. The number of aromatic nitrogens is 1. The third kappa shape index (κ3) is 3.94. The summed E-state index contributed by atoms with van der Waals surface area (Å²) in [5.74, 6) is 0. The molecule has 2 aromatic carbocycles. The zero-order chi connectivity index (χ0) is 15.4. The molecule has 0 aliphatic carbocycles. The molecule has 0 saturated heterocycles. The molecule has 1 N–H and O–H groups in total. The van der Waals surface area contributed by atoms with Crippen LogP contribution < -0.4 is 5.43 Å². The molecule has 0 atom stereocenters. The average molecular weight is 393 g/mol. The molecule has 0 saturated carbocycles. The Morgan fingerprint density at radius 1 is 1.09 bits per heavy atom. The van der Waals surface area contributed by atoms with Gasteiger partial charge in [-0.25, -0.2) is 4.98 Å². The summed E-state index contributed by atoms with van der Waals surface area (Å²) in [5.41, 5.74) is 5.93. The van der Waals surface area contributed by atoms with Crippen molar-refractivity contribution in [3.05, 3.63) is 69.0 Å². The molecular formula is C16H11BrClN3S. The fourth-order valence-corrected chi connectivity index (χ4v) is 2.85. The van der Waals surface area contributed by atoms with Crippen LogP contribution in [-0.2, 0) is 0 Å². The number of rotatable bonds is 4. The van der Waals surface area contributed by atoms with E-state index in [9.17, 15) is 0 Å². The molecule has 6 heteroatoms. The van der Waals surface area contributed by atoms with Gasteiger partial charge >= 0.3 is 0 Å². The second kappa shape index (κ2) is 7.05. The number of hydrazone groups is 1. The zero-order valence-corrected chi connectivity index (χ0v) is 14.5. The normalized spacial score (nSPS) is 11.0. The Kier molecular flexibility index (Phi) is 4.87. The van der Waals surface area contributed by atoms with Crippen LogP contribution >= 0.6 is 38.9 Å². The summed E-state index contributed by atoms with van der Waals surface area (Å²) in [6.07, 6.45) is 1.73. The van der Waals surface area contributed by atoms with Gasteiger partial charge < -0.3 is 0 Å². The molecule has 0 fully saturated rings. The van der Waals surface area contributed by atoms with Crippen molar-refractivity contribution < 1.29 is 0 Å². The number of nitrogens with zero attached hydrogens (tertiary/aromatic N) is 2. The van der Waals surface area contributed by atoms with Crippen molar-refractivity contribution >= 4 is 50.2 Å². The molecule has 1 aromatic heterocycles. The quantitative estimate of drug-likeness (QED) is 0.458. The van der Waals surface area contributed by atoms with Crippen molar-refractivity contribution in [3.8, 4) is 11.3 Å². The third-order valence-electron chi connectivity index (χ3n) is 2.89. The summed E-state index contributed by atoms with van der Waals surface area (Å²) in [4.78, 5) is 4.51. The van der Waals surface area contributed by atoms with Gasteiger partial charge in [-0.3, -0.25) is 5.43 Å². The highest BCUT2D eigenvalue weighted by Crippen LogP contribution is 2.26. The smallest absolute Gasteiger partial charge is 0.203 e. The SMILES string of the molecule is Clc1ccc(/C=N/Nc2nc(-c3ccc(Br)cc3)cs2)cc1. The number of hydrogen-bond donors (Lipinski definition) is 1. The van der Waals surface area contributed by atoms with E-state index in [0.717, 1.165) is 26.4 Å². The predicted molar refractivity (Wildman–Crippen MR) is 97.9 cm³/mol. The Hall–Kier alpha value is -1.69.